The lowest BCUT2D eigenvalue weighted by Gasteiger charge is -2.38. The van der Waals surface area contributed by atoms with E-state index in [2.05, 4.69) is 30.3 Å². The summed E-state index contributed by atoms with van der Waals surface area (Å²) in [6.45, 7) is 3.40. The van der Waals surface area contributed by atoms with Gasteiger partial charge in [-0.25, -0.2) is 23.3 Å². The number of anilines is 2. The minimum atomic E-state index is -0.902. The van der Waals surface area contributed by atoms with E-state index in [4.69, 9.17) is 4.74 Å². The van der Waals surface area contributed by atoms with Gasteiger partial charge in [0.2, 0.25) is 5.95 Å². The third-order valence-electron chi connectivity index (χ3n) is 5.88. The number of hydrogen-bond acceptors (Lipinski definition) is 7. The first-order valence-corrected chi connectivity index (χ1v) is 10.7. The molecule has 0 aliphatic carbocycles. The zero-order valence-electron chi connectivity index (χ0n) is 18.2. The van der Waals surface area contributed by atoms with Crippen LogP contribution < -0.4 is 10.2 Å². The molecule has 1 N–H and O–H groups in total. The van der Waals surface area contributed by atoms with Gasteiger partial charge in [-0.05, 0) is 43.2 Å². The van der Waals surface area contributed by atoms with Crippen molar-refractivity contribution in [1.29, 1.82) is 0 Å². The number of piperidine rings is 1. The molecule has 10 heteroatoms. The Hall–Kier alpha value is -3.66. The molecule has 1 saturated heterocycles. The van der Waals surface area contributed by atoms with E-state index in [9.17, 15) is 8.78 Å². The highest BCUT2D eigenvalue weighted by Gasteiger charge is 2.31. The number of fused-ring (bicyclic) bond motifs is 1. The fourth-order valence-corrected chi connectivity index (χ4v) is 4.16. The van der Waals surface area contributed by atoms with Crippen molar-refractivity contribution in [2.75, 3.05) is 30.4 Å². The number of pyridine rings is 1. The van der Waals surface area contributed by atoms with Crippen LogP contribution in [0.1, 0.15) is 12.1 Å². The van der Waals surface area contributed by atoms with E-state index in [1.807, 2.05) is 13.0 Å². The van der Waals surface area contributed by atoms with E-state index in [1.54, 1.807) is 36.3 Å². The zero-order chi connectivity index (χ0) is 22.9. The van der Waals surface area contributed by atoms with Gasteiger partial charge in [0.15, 0.2) is 17.3 Å². The molecule has 4 aromatic rings. The van der Waals surface area contributed by atoms with Crippen LogP contribution in [0.15, 0.2) is 48.9 Å². The molecule has 3 aromatic heterocycles. The molecule has 1 aromatic carbocycles. The summed E-state index contributed by atoms with van der Waals surface area (Å²) < 4.78 is 34.5. The van der Waals surface area contributed by atoms with Crippen LogP contribution in [0.25, 0.3) is 16.8 Å². The molecule has 2 atom stereocenters. The number of rotatable bonds is 5. The topological polar surface area (TPSA) is 80.5 Å². The summed E-state index contributed by atoms with van der Waals surface area (Å²) >= 11 is 0. The molecule has 8 nitrogen and oxygen atoms in total. The second-order valence-corrected chi connectivity index (χ2v) is 8.03. The van der Waals surface area contributed by atoms with Crippen molar-refractivity contribution >= 4 is 17.4 Å². The SMILES string of the molecule is COC1CN(c2cc(C)ncn2)CCC1Nc1nc2c(-c3ccc(F)c(F)c3)cccn2n1. The minimum absolute atomic E-state index is 0.00156. The Morgan fingerprint density at radius 1 is 1.12 bits per heavy atom. The van der Waals surface area contributed by atoms with Crippen LogP contribution in [-0.2, 0) is 4.74 Å². The molecule has 0 amide bonds. The Kier molecular flexibility index (Phi) is 5.59. The van der Waals surface area contributed by atoms with Crippen LogP contribution in [0.4, 0.5) is 20.5 Å². The lowest BCUT2D eigenvalue weighted by molar-refractivity contribution is 0.0786. The normalized spacial score (nSPS) is 18.6. The van der Waals surface area contributed by atoms with Gasteiger partial charge >= 0.3 is 0 Å². The number of halogens is 2. The fourth-order valence-electron chi connectivity index (χ4n) is 4.16. The molecule has 1 aliphatic heterocycles. The fraction of sp³-hybridized carbons (Fsp3) is 0.304. The highest BCUT2D eigenvalue weighted by molar-refractivity contribution is 5.77. The van der Waals surface area contributed by atoms with E-state index in [0.29, 0.717) is 29.3 Å². The van der Waals surface area contributed by atoms with Gasteiger partial charge in [0.05, 0.1) is 12.1 Å². The number of nitrogens with one attached hydrogen (secondary N) is 1. The van der Waals surface area contributed by atoms with Gasteiger partial charge in [-0.3, -0.25) is 0 Å². The minimum Gasteiger partial charge on any atom is -0.377 e. The molecule has 0 saturated carbocycles. The van der Waals surface area contributed by atoms with E-state index in [1.165, 1.54) is 6.07 Å². The van der Waals surface area contributed by atoms with Gasteiger partial charge in [0.25, 0.3) is 0 Å². The van der Waals surface area contributed by atoms with Crippen molar-refractivity contribution < 1.29 is 13.5 Å². The Morgan fingerprint density at radius 3 is 2.79 bits per heavy atom. The maximum absolute atomic E-state index is 13.8. The Balaban J connectivity index is 1.37. The van der Waals surface area contributed by atoms with Gasteiger partial charge < -0.3 is 15.0 Å². The molecule has 170 valence electrons. The monoisotopic (exact) mass is 451 g/mol. The first-order valence-electron chi connectivity index (χ1n) is 10.7. The summed E-state index contributed by atoms with van der Waals surface area (Å²) in [7, 11) is 1.69. The molecule has 0 spiro atoms. The molecule has 33 heavy (non-hydrogen) atoms. The zero-order valence-corrected chi connectivity index (χ0v) is 18.2. The lowest BCUT2D eigenvalue weighted by Crippen LogP contribution is -2.51. The van der Waals surface area contributed by atoms with Crippen molar-refractivity contribution in [2.45, 2.75) is 25.5 Å². The standard InChI is InChI=1S/C23H23F2N7O/c1-14-10-21(27-13-26-14)31-9-7-19(20(12-31)33-2)28-23-29-22-16(4-3-8-32(22)30-23)15-5-6-17(24)18(25)11-15/h3-6,8,10-11,13,19-20H,7,9,12H2,1-2H3,(H,28,30). The molecule has 1 aliphatic rings. The lowest BCUT2D eigenvalue weighted by atomic mass is 10.0. The van der Waals surface area contributed by atoms with E-state index in [-0.39, 0.29) is 12.1 Å². The van der Waals surface area contributed by atoms with Crippen LogP contribution in [0.2, 0.25) is 0 Å². The summed E-state index contributed by atoms with van der Waals surface area (Å²) in [4.78, 5) is 15.4. The second-order valence-electron chi connectivity index (χ2n) is 8.03. The summed E-state index contributed by atoms with van der Waals surface area (Å²) in [6, 6.07) is 9.37. The number of methoxy groups -OCH3 is 1. The summed E-state index contributed by atoms with van der Waals surface area (Å²) in [5.74, 6) is -0.460. The third kappa shape index (κ3) is 4.21. The number of aromatic nitrogens is 5. The third-order valence-corrected chi connectivity index (χ3v) is 5.88. The number of hydrogen-bond donors (Lipinski definition) is 1. The highest BCUT2D eigenvalue weighted by Crippen LogP contribution is 2.27. The van der Waals surface area contributed by atoms with Gasteiger partial charge in [-0.2, -0.15) is 4.98 Å². The van der Waals surface area contributed by atoms with Crippen LogP contribution in [-0.4, -0.2) is 56.9 Å². The Labute approximate surface area is 189 Å². The average molecular weight is 451 g/mol. The molecule has 4 heterocycles. The van der Waals surface area contributed by atoms with Crippen molar-refractivity contribution in [1.82, 2.24) is 24.6 Å². The predicted molar refractivity (Wildman–Crippen MR) is 120 cm³/mol. The van der Waals surface area contributed by atoms with Crippen molar-refractivity contribution in [2.24, 2.45) is 0 Å². The maximum Gasteiger partial charge on any atom is 0.243 e. The van der Waals surface area contributed by atoms with E-state index in [0.717, 1.165) is 36.6 Å². The molecular formula is C23H23F2N7O. The molecule has 5 rings (SSSR count). The van der Waals surface area contributed by atoms with Crippen molar-refractivity contribution in [3.8, 4) is 11.1 Å². The molecule has 0 bridgehead atoms. The molecular weight excluding hydrogens is 428 g/mol. The summed E-state index contributed by atoms with van der Waals surface area (Å²) in [5.41, 5.74) is 2.66. The number of nitrogens with zero attached hydrogens (tertiary/aromatic N) is 6. The van der Waals surface area contributed by atoms with Crippen molar-refractivity contribution in [3.63, 3.8) is 0 Å². The quantitative estimate of drug-likeness (QED) is 0.498. The molecule has 1 fully saturated rings. The Morgan fingerprint density at radius 2 is 2.00 bits per heavy atom. The van der Waals surface area contributed by atoms with Gasteiger partial charge in [-0.15, -0.1) is 5.10 Å². The first-order chi connectivity index (χ1) is 16.0. The number of benzene rings is 1. The smallest absolute Gasteiger partial charge is 0.243 e. The van der Waals surface area contributed by atoms with Crippen LogP contribution in [0, 0.1) is 18.6 Å². The molecule has 0 radical (unpaired) electrons. The van der Waals surface area contributed by atoms with Crippen molar-refractivity contribution in [3.05, 3.63) is 66.3 Å². The Bertz CT molecular complexity index is 1300. The highest BCUT2D eigenvalue weighted by atomic mass is 19.2. The predicted octanol–water partition coefficient (Wildman–Crippen LogP) is 3.48. The number of ether oxygens (including phenoxy) is 1. The van der Waals surface area contributed by atoms with E-state index >= 15 is 0 Å². The second kappa shape index (κ2) is 8.70. The maximum atomic E-state index is 13.8. The largest absolute Gasteiger partial charge is 0.377 e. The molecule has 2 unspecified atom stereocenters. The summed E-state index contributed by atoms with van der Waals surface area (Å²) in [6.07, 6.45) is 4.03. The van der Waals surface area contributed by atoms with E-state index < -0.39 is 11.6 Å². The first kappa shape index (κ1) is 21.2. The average Bonchev–Trinajstić information content (AvgIpc) is 3.24. The van der Waals surface area contributed by atoms with Gasteiger partial charge in [-0.1, -0.05) is 6.07 Å². The van der Waals surface area contributed by atoms with Gasteiger partial charge in [0, 0.05) is 43.7 Å². The van der Waals surface area contributed by atoms with Crippen LogP contribution >= 0.6 is 0 Å². The van der Waals surface area contributed by atoms with Crippen LogP contribution in [0.5, 0.6) is 0 Å². The summed E-state index contributed by atoms with van der Waals surface area (Å²) in [5, 5.41) is 7.92. The van der Waals surface area contributed by atoms with Gasteiger partial charge in [0.1, 0.15) is 12.1 Å². The van der Waals surface area contributed by atoms with Crippen LogP contribution in [0.3, 0.4) is 0 Å². The number of aryl methyl sites for hydroxylation is 1.